The molecule has 1 amide bonds. The Balaban J connectivity index is 2.17. The maximum Gasteiger partial charge on any atom is 0.220 e. The van der Waals surface area contributed by atoms with Gasteiger partial charge in [0.25, 0.3) is 0 Å². The molecule has 0 aromatic heterocycles. The molecular formula is C8H13NO. The summed E-state index contributed by atoms with van der Waals surface area (Å²) in [4.78, 5) is 10.9. The van der Waals surface area contributed by atoms with E-state index in [1.807, 2.05) is 0 Å². The lowest BCUT2D eigenvalue weighted by molar-refractivity contribution is -0.138. The summed E-state index contributed by atoms with van der Waals surface area (Å²) in [7, 11) is 0. The van der Waals surface area contributed by atoms with Gasteiger partial charge in [-0.2, -0.15) is 0 Å². The van der Waals surface area contributed by atoms with E-state index in [2.05, 4.69) is 19.2 Å². The van der Waals surface area contributed by atoms with Crippen LogP contribution in [-0.4, -0.2) is 11.9 Å². The van der Waals surface area contributed by atoms with Crippen LogP contribution in [0.4, 0.5) is 0 Å². The maximum absolute atomic E-state index is 10.9. The zero-order valence-electron chi connectivity index (χ0n) is 6.48. The summed E-state index contributed by atoms with van der Waals surface area (Å²) < 4.78 is 0. The molecule has 2 unspecified atom stereocenters. The van der Waals surface area contributed by atoms with Gasteiger partial charge in [0.15, 0.2) is 0 Å². The van der Waals surface area contributed by atoms with Gasteiger partial charge < -0.3 is 5.32 Å². The Kier molecular flexibility index (Phi) is 0.960. The summed E-state index contributed by atoms with van der Waals surface area (Å²) in [6, 6.07) is 0.471. The Hall–Kier alpha value is -0.530. The van der Waals surface area contributed by atoms with Crippen LogP contribution in [0.3, 0.4) is 0 Å². The number of hydrogen-bond donors (Lipinski definition) is 1. The highest BCUT2D eigenvalue weighted by Gasteiger charge is 2.52. The molecule has 1 aliphatic carbocycles. The number of piperidine rings is 2. The number of rotatable bonds is 0. The summed E-state index contributed by atoms with van der Waals surface area (Å²) in [5, 5.41) is 3.00. The number of hydrogen-bond acceptors (Lipinski definition) is 1. The molecule has 2 heterocycles. The van der Waals surface area contributed by atoms with E-state index < -0.39 is 0 Å². The third-order valence-electron chi connectivity index (χ3n) is 3.24. The van der Waals surface area contributed by atoms with Crippen molar-refractivity contribution in [3.63, 3.8) is 0 Å². The van der Waals surface area contributed by atoms with Crippen LogP contribution < -0.4 is 5.32 Å². The van der Waals surface area contributed by atoms with Crippen LogP contribution in [0.15, 0.2) is 0 Å². The maximum atomic E-state index is 10.9. The lowest BCUT2D eigenvalue weighted by Gasteiger charge is -2.56. The molecule has 2 atom stereocenters. The molecule has 0 aromatic rings. The van der Waals surface area contributed by atoms with Crippen LogP contribution in [0.5, 0.6) is 0 Å². The molecule has 3 fully saturated rings. The number of amides is 1. The Morgan fingerprint density at radius 3 is 2.60 bits per heavy atom. The van der Waals surface area contributed by atoms with E-state index in [9.17, 15) is 4.79 Å². The zero-order chi connectivity index (χ0) is 7.35. The van der Waals surface area contributed by atoms with Crippen molar-refractivity contribution in [3.8, 4) is 0 Å². The second kappa shape index (κ2) is 1.55. The smallest absolute Gasteiger partial charge is 0.220 e. The third-order valence-corrected chi connectivity index (χ3v) is 3.24. The van der Waals surface area contributed by atoms with Crippen LogP contribution in [-0.2, 0) is 4.79 Å². The van der Waals surface area contributed by atoms with Crippen molar-refractivity contribution in [2.75, 3.05) is 0 Å². The predicted molar refractivity (Wildman–Crippen MR) is 38.4 cm³/mol. The van der Waals surface area contributed by atoms with Gasteiger partial charge >= 0.3 is 0 Å². The molecule has 0 spiro atoms. The molecule has 2 nitrogen and oxygen atoms in total. The SMILES string of the molecule is CC1(C)C2CC(=O)NC1C2. The molecular weight excluding hydrogens is 126 g/mol. The van der Waals surface area contributed by atoms with E-state index >= 15 is 0 Å². The van der Waals surface area contributed by atoms with Gasteiger partial charge in [0.2, 0.25) is 5.91 Å². The minimum absolute atomic E-state index is 0.251. The standard InChI is InChI=1S/C8H13NO/c1-8(2)5-3-6(8)9-7(10)4-5/h5-6H,3-4H2,1-2H3,(H,9,10). The monoisotopic (exact) mass is 139 g/mol. The topological polar surface area (TPSA) is 29.1 Å². The summed E-state index contributed by atoms with van der Waals surface area (Å²) in [5.41, 5.74) is 0.383. The van der Waals surface area contributed by atoms with Gasteiger partial charge in [-0.3, -0.25) is 4.79 Å². The summed E-state index contributed by atoms with van der Waals surface area (Å²) in [6.07, 6.45) is 1.96. The van der Waals surface area contributed by atoms with Crippen LogP contribution in [0.2, 0.25) is 0 Å². The summed E-state index contributed by atoms with van der Waals surface area (Å²) >= 11 is 0. The first-order valence-electron chi connectivity index (χ1n) is 3.90. The lowest BCUT2D eigenvalue weighted by atomic mass is 9.55. The van der Waals surface area contributed by atoms with Crippen molar-refractivity contribution in [3.05, 3.63) is 0 Å². The highest BCUT2D eigenvalue weighted by Crippen LogP contribution is 2.50. The van der Waals surface area contributed by atoms with Crippen LogP contribution in [0.25, 0.3) is 0 Å². The van der Waals surface area contributed by atoms with E-state index in [4.69, 9.17) is 0 Å². The van der Waals surface area contributed by atoms with Gasteiger partial charge in [0.05, 0.1) is 0 Å². The first-order chi connectivity index (χ1) is 4.60. The fourth-order valence-corrected chi connectivity index (χ4v) is 2.08. The number of fused-ring (bicyclic) bond motifs is 2. The lowest BCUT2D eigenvalue weighted by Crippen LogP contribution is -2.63. The van der Waals surface area contributed by atoms with Crippen LogP contribution in [0.1, 0.15) is 26.7 Å². The van der Waals surface area contributed by atoms with Crippen molar-refractivity contribution in [1.29, 1.82) is 0 Å². The van der Waals surface area contributed by atoms with Gasteiger partial charge in [0.1, 0.15) is 0 Å². The van der Waals surface area contributed by atoms with E-state index in [1.54, 1.807) is 0 Å². The summed E-state index contributed by atoms with van der Waals surface area (Å²) in [5.74, 6) is 0.909. The van der Waals surface area contributed by atoms with E-state index in [0.717, 1.165) is 6.42 Å². The molecule has 56 valence electrons. The zero-order valence-corrected chi connectivity index (χ0v) is 6.48. The minimum Gasteiger partial charge on any atom is -0.353 e. The van der Waals surface area contributed by atoms with Crippen molar-refractivity contribution in [2.45, 2.75) is 32.7 Å². The quantitative estimate of drug-likeness (QED) is 0.531. The molecule has 2 bridgehead atoms. The molecule has 2 aliphatic heterocycles. The van der Waals surface area contributed by atoms with Gasteiger partial charge in [-0.25, -0.2) is 0 Å². The predicted octanol–water partition coefficient (Wildman–Crippen LogP) is 0.921. The van der Waals surface area contributed by atoms with E-state index in [-0.39, 0.29) is 5.91 Å². The number of nitrogens with one attached hydrogen (secondary N) is 1. The van der Waals surface area contributed by atoms with Gasteiger partial charge in [0, 0.05) is 12.5 Å². The van der Waals surface area contributed by atoms with Gasteiger partial charge in [-0.1, -0.05) is 13.8 Å². The highest BCUT2D eigenvalue weighted by atomic mass is 16.1. The molecule has 2 heteroatoms. The van der Waals surface area contributed by atoms with Crippen molar-refractivity contribution in [2.24, 2.45) is 11.3 Å². The Labute approximate surface area is 61.0 Å². The molecule has 1 N–H and O–H groups in total. The average Bonchev–Trinajstić information content (AvgIpc) is 1.87. The Bertz CT molecular complexity index is 170. The second-order valence-electron chi connectivity index (χ2n) is 4.08. The molecule has 0 aromatic carbocycles. The number of carbonyl (C=O) groups is 1. The normalized spacial score (nSPS) is 42.0. The number of carbonyl (C=O) groups excluding carboxylic acids is 1. The van der Waals surface area contributed by atoms with Gasteiger partial charge in [-0.15, -0.1) is 0 Å². The largest absolute Gasteiger partial charge is 0.353 e. The van der Waals surface area contributed by atoms with Crippen molar-refractivity contribution in [1.82, 2.24) is 5.32 Å². The molecule has 10 heavy (non-hydrogen) atoms. The first-order valence-corrected chi connectivity index (χ1v) is 3.90. The van der Waals surface area contributed by atoms with E-state index in [0.29, 0.717) is 17.4 Å². The molecule has 1 saturated carbocycles. The Morgan fingerprint density at radius 2 is 2.30 bits per heavy atom. The molecule has 3 rings (SSSR count). The van der Waals surface area contributed by atoms with Crippen LogP contribution in [0, 0.1) is 11.3 Å². The minimum atomic E-state index is 0.251. The second-order valence-corrected chi connectivity index (χ2v) is 4.08. The molecule has 3 aliphatic rings. The molecule has 2 saturated heterocycles. The van der Waals surface area contributed by atoms with E-state index in [1.165, 1.54) is 6.42 Å². The first kappa shape index (κ1) is 6.20. The van der Waals surface area contributed by atoms with Crippen LogP contribution >= 0.6 is 0 Å². The average molecular weight is 139 g/mol. The van der Waals surface area contributed by atoms with Crippen molar-refractivity contribution >= 4 is 5.91 Å². The Morgan fingerprint density at radius 1 is 1.60 bits per heavy atom. The highest BCUT2D eigenvalue weighted by molar-refractivity contribution is 5.79. The summed E-state index contributed by atoms with van der Waals surface area (Å²) in [6.45, 7) is 4.48. The fraction of sp³-hybridized carbons (Fsp3) is 0.875. The fourth-order valence-electron chi connectivity index (χ4n) is 2.08. The third kappa shape index (κ3) is 0.568. The molecule has 0 radical (unpaired) electrons. The van der Waals surface area contributed by atoms with Crippen molar-refractivity contribution < 1.29 is 4.79 Å². The van der Waals surface area contributed by atoms with Gasteiger partial charge in [-0.05, 0) is 17.8 Å².